The fourth-order valence-electron chi connectivity index (χ4n) is 2.08. The second-order valence-electron chi connectivity index (χ2n) is 5.60. The predicted octanol–water partition coefficient (Wildman–Crippen LogP) is 1.32. The molecule has 0 aliphatic heterocycles. The van der Waals surface area contributed by atoms with E-state index in [1.165, 1.54) is 24.3 Å². The van der Waals surface area contributed by atoms with Gasteiger partial charge in [0.15, 0.2) is 0 Å². The van der Waals surface area contributed by atoms with Gasteiger partial charge in [-0.2, -0.15) is 0 Å². The van der Waals surface area contributed by atoms with Crippen molar-refractivity contribution in [3.05, 3.63) is 59.2 Å². The van der Waals surface area contributed by atoms with Crippen LogP contribution in [0.3, 0.4) is 0 Å². The van der Waals surface area contributed by atoms with Crippen LogP contribution in [0.25, 0.3) is 0 Å². The summed E-state index contributed by atoms with van der Waals surface area (Å²) in [7, 11) is -3.78. The predicted molar refractivity (Wildman–Crippen MR) is 94.7 cm³/mol. The average molecular weight is 361 g/mol. The number of nitrogens with one attached hydrogen (secondary N) is 2. The monoisotopic (exact) mass is 361 g/mol. The number of hydrogen-bond donors (Lipinski definition) is 3. The molecule has 0 heterocycles. The van der Waals surface area contributed by atoms with Gasteiger partial charge in [0, 0.05) is 11.3 Å². The van der Waals surface area contributed by atoms with Gasteiger partial charge in [-0.05, 0) is 61.4 Å². The van der Waals surface area contributed by atoms with Crippen LogP contribution in [0.2, 0.25) is 0 Å². The summed E-state index contributed by atoms with van der Waals surface area (Å²) in [4.78, 5) is 23.9. The van der Waals surface area contributed by atoms with E-state index in [-0.39, 0.29) is 17.3 Å². The van der Waals surface area contributed by atoms with Crippen LogP contribution in [0.1, 0.15) is 21.5 Å². The first-order chi connectivity index (χ1) is 11.7. The molecule has 132 valence electrons. The summed E-state index contributed by atoms with van der Waals surface area (Å²) in [5, 5.41) is 10.1. The zero-order valence-corrected chi connectivity index (χ0v) is 14.7. The highest BCUT2D eigenvalue weighted by Gasteiger charge is 2.10. The molecule has 2 amide bonds. The highest BCUT2D eigenvalue weighted by Crippen LogP contribution is 2.12. The van der Waals surface area contributed by atoms with Crippen molar-refractivity contribution in [2.24, 2.45) is 5.14 Å². The molecule has 0 spiro atoms. The van der Waals surface area contributed by atoms with Crippen molar-refractivity contribution in [2.75, 3.05) is 11.9 Å². The fraction of sp³-hybridized carbons (Fsp3) is 0.176. The minimum Gasteiger partial charge on any atom is -0.343 e. The van der Waals surface area contributed by atoms with E-state index in [1.807, 2.05) is 19.9 Å². The van der Waals surface area contributed by atoms with Gasteiger partial charge in [-0.1, -0.05) is 6.07 Å². The maximum absolute atomic E-state index is 12.0. The minimum absolute atomic E-state index is 0.0476. The van der Waals surface area contributed by atoms with Crippen molar-refractivity contribution in [1.29, 1.82) is 0 Å². The Morgan fingerprint density at radius 1 is 1.00 bits per heavy atom. The van der Waals surface area contributed by atoms with Gasteiger partial charge >= 0.3 is 0 Å². The van der Waals surface area contributed by atoms with Crippen molar-refractivity contribution in [2.45, 2.75) is 18.7 Å². The van der Waals surface area contributed by atoms with E-state index >= 15 is 0 Å². The van der Waals surface area contributed by atoms with Crippen molar-refractivity contribution < 1.29 is 18.0 Å². The zero-order chi connectivity index (χ0) is 18.6. The topological polar surface area (TPSA) is 118 Å². The van der Waals surface area contributed by atoms with Gasteiger partial charge in [0.1, 0.15) is 0 Å². The minimum atomic E-state index is -3.78. The number of hydrogen-bond acceptors (Lipinski definition) is 4. The Kier molecular flexibility index (Phi) is 5.55. The highest BCUT2D eigenvalue weighted by molar-refractivity contribution is 7.89. The summed E-state index contributed by atoms with van der Waals surface area (Å²) in [6.07, 6.45) is 0. The second-order valence-corrected chi connectivity index (χ2v) is 7.16. The number of benzene rings is 2. The molecule has 0 radical (unpaired) electrons. The molecule has 4 N–H and O–H groups in total. The summed E-state index contributed by atoms with van der Waals surface area (Å²) < 4.78 is 22.3. The van der Waals surface area contributed by atoms with Crippen molar-refractivity contribution in [3.8, 4) is 0 Å². The lowest BCUT2D eigenvalue weighted by molar-refractivity contribution is -0.115. The maximum atomic E-state index is 12.0. The van der Waals surface area contributed by atoms with Crippen LogP contribution in [0.4, 0.5) is 5.69 Å². The molecule has 25 heavy (non-hydrogen) atoms. The van der Waals surface area contributed by atoms with Crippen LogP contribution in [0, 0.1) is 13.8 Å². The van der Waals surface area contributed by atoms with E-state index in [0.717, 1.165) is 11.1 Å². The summed E-state index contributed by atoms with van der Waals surface area (Å²) >= 11 is 0. The molecular formula is C17H19N3O4S. The number of amides is 2. The van der Waals surface area contributed by atoms with Crippen LogP contribution in [0.15, 0.2) is 47.4 Å². The van der Waals surface area contributed by atoms with Gasteiger partial charge in [0.05, 0.1) is 11.4 Å². The number of primary sulfonamides is 1. The Bertz CT molecular complexity index is 906. The van der Waals surface area contributed by atoms with Crippen molar-refractivity contribution in [3.63, 3.8) is 0 Å². The molecule has 0 aliphatic rings. The molecule has 0 unspecified atom stereocenters. The van der Waals surface area contributed by atoms with E-state index in [9.17, 15) is 18.0 Å². The molecule has 0 saturated carbocycles. The molecular weight excluding hydrogens is 342 g/mol. The van der Waals surface area contributed by atoms with Crippen LogP contribution < -0.4 is 15.8 Å². The maximum Gasteiger partial charge on any atom is 0.251 e. The molecule has 0 atom stereocenters. The first kappa shape index (κ1) is 18.6. The third kappa shape index (κ3) is 5.13. The lowest BCUT2D eigenvalue weighted by Gasteiger charge is -2.08. The summed E-state index contributed by atoms with van der Waals surface area (Å²) in [6, 6.07) is 10.7. The number of nitrogens with two attached hydrogens (primary N) is 1. The van der Waals surface area contributed by atoms with Crippen molar-refractivity contribution >= 4 is 27.5 Å². The Morgan fingerprint density at radius 3 is 2.20 bits per heavy atom. The number of rotatable bonds is 5. The largest absolute Gasteiger partial charge is 0.343 e. The molecule has 0 fully saturated rings. The van der Waals surface area contributed by atoms with E-state index in [2.05, 4.69) is 10.6 Å². The lowest BCUT2D eigenvalue weighted by atomic mass is 10.1. The van der Waals surface area contributed by atoms with E-state index < -0.39 is 15.9 Å². The van der Waals surface area contributed by atoms with Gasteiger partial charge < -0.3 is 10.6 Å². The first-order valence-electron chi connectivity index (χ1n) is 7.45. The average Bonchev–Trinajstić information content (AvgIpc) is 2.55. The van der Waals surface area contributed by atoms with E-state index in [0.29, 0.717) is 11.3 Å². The molecule has 2 aromatic carbocycles. The normalized spacial score (nSPS) is 11.0. The Hall–Kier alpha value is -2.71. The van der Waals surface area contributed by atoms with Gasteiger partial charge in [0.2, 0.25) is 15.9 Å². The van der Waals surface area contributed by atoms with Gasteiger partial charge in [0.25, 0.3) is 5.91 Å². The Balaban J connectivity index is 1.92. The molecule has 2 rings (SSSR count). The smallest absolute Gasteiger partial charge is 0.251 e. The highest BCUT2D eigenvalue weighted by atomic mass is 32.2. The number of carbonyl (C=O) groups excluding carboxylic acids is 2. The van der Waals surface area contributed by atoms with E-state index in [4.69, 9.17) is 5.14 Å². The van der Waals surface area contributed by atoms with Crippen LogP contribution >= 0.6 is 0 Å². The molecule has 0 bridgehead atoms. The van der Waals surface area contributed by atoms with Gasteiger partial charge in [-0.25, -0.2) is 13.6 Å². The zero-order valence-electron chi connectivity index (χ0n) is 13.9. The molecule has 0 aromatic heterocycles. The molecule has 8 heteroatoms. The number of carbonyl (C=O) groups is 2. The number of aryl methyl sites for hydroxylation is 2. The second kappa shape index (κ2) is 7.45. The molecule has 0 saturated heterocycles. The number of sulfonamides is 1. The van der Waals surface area contributed by atoms with E-state index in [1.54, 1.807) is 12.1 Å². The quantitative estimate of drug-likeness (QED) is 0.744. The molecule has 2 aromatic rings. The third-order valence-corrected chi connectivity index (χ3v) is 4.57. The standard InChI is InChI=1S/C17H19N3O4S/c1-11-3-4-13(9-12(11)2)17(22)19-10-16(21)20-14-5-7-15(8-6-14)25(18,23)24/h3-9H,10H2,1-2H3,(H,19,22)(H,20,21)(H2,18,23,24). The Morgan fingerprint density at radius 2 is 1.64 bits per heavy atom. The van der Waals surface area contributed by atoms with Crippen LogP contribution in [0.5, 0.6) is 0 Å². The molecule has 0 aliphatic carbocycles. The van der Waals surface area contributed by atoms with Gasteiger partial charge in [-0.3, -0.25) is 9.59 Å². The molecule has 7 nitrogen and oxygen atoms in total. The van der Waals surface area contributed by atoms with Gasteiger partial charge in [-0.15, -0.1) is 0 Å². The first-order valence-corrected chi connectivity index (χ1v) is 8.99. The van der Waals surface area contributed by atoms with Crippen molar-refractivity contribution in [1.82, 2.24) is 5.32 Å². The van der Waals surface area contributed by atoms with Crippen LogP contribution in [-0.2, 0) is 14.8 Å². The third-order valence-electron chi connectivity index (χ3n) is 3.65. The SMILES string of the molecule is Cc1ccc(C(=O)NCC(=O)Nc2ccc(S(N)(=O)=O)cc2)cc1C. The lowest BCUT2D eigenvalue weighted by Crippen LogP contribution is -2.32. The number of anilines is 1. The fourth-order valence-corrected chi connectivity index (χ4v) is 2.59. The summed E-state index contributed by atoms with van der Waals surface area (Å²) in [5.41, 5.74) is 2.95. The van der Waals surface area contributed by atoms with Crippen LogP contribution in [-0.4, -0.2) is 26.8 Å². The summed E-state index contributed by atoms with van der Waals surface area (Å²) in [6.45, 7) is 3.65. The Labute approximate surface area is 146 Å². The summed E-state index contributed by atoms with van der Waals surface area (Å²) in [5.74, 6) is -0.775.